The number of benzene rings is 5. The van der Waals surface area contributed by atoms with Gasteiger partial charge in [0.2, 0.25) is 0 Å². The minimum Gasteiger partial charge on any atom is -0.456 e. The summed E-state index contributed by atoms with van der Waals surface area (Å²) < 4.78 is 8.99. The molecule has 0 spiro atoms. The molecule has 0 radical (unpaired) electrons. The van der Waals surface area contributed by atoms with E-state index in [1.54, 1.807) is 0 Å². The third-order valence-corrected chi connectivity index (χ3v) is 16.0. The van der Waals surface area contributed by atoms with Gasteiger partial charge in [0, 0.05) is 32.3 Å². The minimum absolute atomic E-state index is 0.476. The lowest BCUT2D eigenvalue weighted by Gasteiger charge is -2.38. The molecule has 3 aromatic heterocycles. The Bertz CT molecular complexity index is 2930. The second kappa shape index (κ2) is 9.85. The molecule has 3 heterocycles. The number of nitrogens with zero attached hydrogens (tertiary/aromatic N) is 3. The molecule has 4 heteroatoms. The lowest BCUT2D eigenvalue weighted by atomic mass is 9.67. The number of rotatable bonds is 1. The van der Waals surface area contributed by atoms with Crippen LogP contribution in [0, 0.1) is 46.3 Å². The summed E-state index contributed by atoms with van der Waals surface area (Å²) in [4.78, 5) is 0. The van der Waals surface area contributed by atoms with Crippen molar-refractivity contribution in [2.75, 3.05) is 0 Å². The predicted molar refractivity (Wildman–Crippen MR) is 214 cm³/mol. The van der Waals surface area contributed by atoms with Crippen LogP contribution in [0.25, 0.3) is 71.2 Å². The summed E-state index contributed by atoms with van der Waals surface area (Å²) in [7, 11) is 0. The molecule has 0 N–H and O–H groups in total. The molecule has 54 heavy (non-hydrogen) atoms. The first-order valence-electron chi connectivity index (χ1n) is 20.7. The average Bonchev–Trinajstić information content (AvgIpc) is 3.75. The number of furan rings is 1. The van der Waals surface area contributed by atoms with Crippen molar-refractivity contribution in [1.29, 1.82) is 10.5 Å². The fraction of sp³-hybridized carbons (Fsp3) is 0.360. The standard InChI is InChI=1S/C50H39N3O/c51-22-33-20-39-48(45-31-14-24-8-25(15-31)11-29(10-24)43(33)45)37-18-28(35-5-3-7-42-47(35)36-4-1-2-6-41(36)54-42)19-38-49-40(53(39)50(37)38)21-34(23-52)44-30-12-26-9-27(13-30)17-32(16-26)46(44)49/h1-7,18-21,24-27,29-32H,8-17H2. The van der Waals surface area contributed by atoms with E-state index in [0.717, 1.165) is 51.4 Å². The second-order valence-electron chi connectivity index (χ2n) is 18.7. The summed E-state index contributed by atoms with van der Waals surface area (Å²) in [5.41, 5.74) is 15.5. The molecule has 8 bridgehead atoms. The van der Waals surface area contributed by atoms with Crippen LogP contribution in [-0.2, 0) is 0 Å². The summed E-state index contributed by atoms with van der Waals surface area (Å²) in [6, 6.07) is 30.1. The van der Waals surface area contributed by atoms with Crippen molar-refractivity contribution in [2.24, 2.45) is 23.7 Å². The Labute approximate surface area is 313 Å². The van der Waals surface area contributed by atoms with Crippen LogP contribution in [0.3, 0.4) is 0 Å². The van der Waals surface area contributed by atoms with Crippen LogP contribution in [-0.4, -0.2) is 4.40 Å². The van der Waals surface area contributed by atoms with Gasteiger partial charge in [-0.1, -0.05) is 30.3 Å². The van der Waals surface area contributed by atoms with Crippen LogP contribution >= 0.6 is 0 Å². The fourth-order valence-corrected chi connectivity index (χ4v) is 14.7. The lowest BCUT2D eigenvalue weighted by Crippen LogP contribution is -2.25. The number of hydrogen-bond acceptors (Lipinski definition) is 3. The van der Waals surface area contributed by atoms with E-state index in [-0.39, 0.29) is 0 Å². The Kier molecular flexibility index (Phi) is 5.31. The van der Waals surface area contributed by atoms with Crippen molar-refractivity contribution in [3.63, 3.8) is 0 Å². The Balaban J connectivity index is 1.20. The Morgan fingerprint density at radius 1 is 0.500 bits per heavy atom. The first-order chi connectivity index (χ1) is 26.6. The van der Waals surface area contributed by atoms with Gasteiger partial charge in [0.25, 0.3) is 0 Å². The molecule has 5 aromatic carbocycles. The van der Waals surface area contributed by atoms with Crippen molar-refractivity contribution in [3.05, 3.63) is 100 Å². The van der Waals surface area contributed by atoms with Gasteiger partial charge in [0.15, 0.2) is 0 Å². The highest BCUT2D eigenvalue weighted by molar-refractivity contribution is 6.27. The van der Waals surface area contributed by atoms with Gasteiger partial charge in [-0.25, -0.2) is 0 Å². The van der Waals surface area contributed by atoms with E-state index in [1.165, 1.54) is 141 Å². The van der Waals surface area contributed by atoms with Crippen molar-refractivity contribution in [1.82, 2.24) is 4.40 Å². The van der Waals surface area contributed by atoms with Gasteiger partial charge in [0.1, 0.15) is 11.2 Å². The maximum Gasteiger partial charge on any atom is 0.136 e. The summed E-state index contributed by atoms with van der Waals surface area (Å²) in [6.07, 6.45) is 12.6. The van der Waals surface area contributed by atoms with E-state index in [2.05, 4.69) is 83.3 Å². The third kappa shape index (κ3) is 3.46. The largest absolute Gasteiger partial charge is 0.456 e. The summed E-state index contributed by atoms with van der Waals surface area (Å²) in [5, 5.41) is 29.6. The molecular formula is C50H39N3O. The molecule has 260 valence electrons. The first kappa shape index (κ1) is 29.1. The van der Waals surface area contributed by atoms with Gasteiger partial charge >= 0.3 is 0 Å². The van der Waals surface area contributed by atoms with Crippen molar-refractivity contribution in [2.45, 2.75) is 87.9 Å². The molecule has 4 atom stereocenters. The molecular weight excluding hydrogens is 659 g/mol. The molecule has 8 aliphatic carbocycles. The molecule has 4 nitrogen and oxygen atoms in total. The van der Waals surface area contributed by atoms with Gasteiger partial charge < -0.3 is 8.82 Å². The van der Waals surface area contributed by atoms with Crippen LogP contribution in [0.2, 0.25) is 0 Å². The molecule has 4 fully saturated rings. The number of fused-ring (bicyclic) bond motifs is 9. The lowest BCUT2D eigenvalue weighted by molar-refractivity contribution is 0.166. The molecule has 4 unspecified atom stereocenters. The van der Waals surface area contributed by atoms with E-state index in [4.69, 9.17) is 4.42 Å². The van der Waals surface area contributed by atoms with Crippen LogP contribution < -0.4 is 0 Å². The van der Waals surface area contributed by atoms with Crippen LogP contribution in [0.5, 0.6) is 0 Å². The molecule has 16 rings (SSSR count). The van der Waals surface area contributed by atoms with Crippen LogP contribution in [0.4, 0.5) is 0 Å². The van der Waals surface area contributed by atoms with Crippen LogP contribution in [0.1, 0.15) is 121 Å². The Morgan fingerprint density at radius 2 is 1.00 bits per heavy atom. The smallest absolute Gasteiger partial charge is 0.136 e. The molecule has 0 aliphatic heterocycles. The highest BCUT2D eigenvalue weighted by Gasteiger charge is 2.46. The minimum atomic E-state index is 0.476. The van der Waals surface area contributed by atoms with E-state index in [9.17, 15) is 10.5 Å². The Morgan fingerprint density at radius 3 is 1.54 bits per heavy atom. The molecule has 8 aromatic rings. The number of aromatic nitrogens is 1. The van der Waals surface area contributed by atoms with E-state index < -0.39 is 0 Å². The summed E-state index contributed by atoms with van der Waals surface area (Å²) in [5.74, 6) is 4.99. The predicted octanol–water partition coefficient (Wildman–Crippen LogP) is 12.9. The summed E-state index contributed by atoms with van der Waals surface area (Å²) >= 11 is 0. The zero-order chi connectivity index (χ0) is 35.1. The molecule has 8 aliphatic rings. The quantitative estimate of drug-likeness (QED) is 0.171. The van der Waals surface area contributed by atoms with Crippen LogP contribution in [0.15, 0.2) is 71.1 Å². The number of nitriles is 2. The maximum atomic E-state index is 10.9. The third-order valence-electron chi connectivity index (χ3n) is 16.0. The van der Waals surface area contributed by atoms with Crippen molar-refractivity contribution >= 4 is 60.0 Å². The van der Waals surface area contributed by atoms with Gasteiger partial charge in [-0.05, 0) is 181 Å². The molecule has 4 saturated carbocycles. The maximum absolute atomic E-state index is 10.9. The van der Waals surface area contributed by atoms with Gasteiger partial charge in [-0.15, -0.1) is 0 Å². The van der Waals surface area contributed by atoms with Crippen molar-refractivity contribution in [3.8, 4) is 23.3 Å². The second-order valence-corrected chi connectivity index (χ2v) is 18.7. The Hall–Kier alpha value is -5.32. The van der Waals surface area contributed by atoms with Gasteiger partial charge in [-0.3, -0.25) is 0 Å². The highest BCUT2D eigenvalue weighted by Crippen LogP contribution is 2.62. The average molecular weight is 698 g/mol. The number of para-hydroxylation sites is 1. The monoisotopic (exact) mass is 697 g/mol. The topological polar surface area (TPSA) is 65.1 Å². The SMILES string of the molecule is N#Cc1cc2c(c3c1C1CC4CC(C1)CC3C4)c1cc(-c3cccc4oc5ccccc5c34)cc3c4c5c(c(C#N)cc4n2c13)C1CC2CC(C1)CC5C2. The van der Waals surface area contributed by atoms with E-state index >= 15 is 0 Å². The fourth-order valence-electron chi connectivity index (χ4n) is 14.7. The van der Waals surface area contributed by atoms with Crippen molar-refractivity contribution < 1.29 is 4.42 Å². The van der Waals surface area contributed by atoms with Gasteiger partial charge in [-0.2, -0.15) is 10.5 Å². The van der Waals surface area contributed by atoms with E-state index in [1.807, 2.05) is 0 Å². The molecule has 0 saturated heterocycles. The molecule has 0 amide bonds. The normalized spacial score (nSPS) is 29.1. The summed E-state index contributed by atoms with van der Waals surface area (Å²) in [6.45, 7) is 0. The highest BCUT2D eigenvalue weighted by atomic mass is 16.3. The van der Waals surface area contributed by atoms with Gasteiger partial charge in [0.05, 0.1) is 39.8 Å². The number of hydrogen-bond donors (Lipinski definition) is 0. The zero-order valence-corrected chi connectivity index (χ0v) is 30.3. The van der Waals surface area contributed by atoms with E-state index in [0.29, 0.717) is 23.7 Å². The zero-order valence-electron chi connectivity index (χ0n) is 30.3. The first-order valence-corrected chi connectivity index (χ1v) is 20.7.